The number of para-hydroxylation sites is 1. The van der Waals surface area contributed by atoms with E-state index in [1.807, 2.05) is 24.3 Å². The first-order valence-electron chi connectivity index (χ1n) is 10.8. The van der Waals surface area contributed by atoms with E-state index in [1.54, 1.807) is 18.2 Å². The standard InChI is InChI=1S/C22H19N3O4/c1-24-10-19(26)25-16(22(24)27)9-14-13-4-2-3-5-15(13)23-20(14)21(25)12-6-7-17-18(8-12)29-11-28-17/h2-8,16,21,23H,9-11H2,1H3/t16-,21?/m1/s1/i10D2,16D. The molecule has 0 radical (unpaired) electrons. The molecular weight excluding hydrogens is 370 g/mol. The van der Waals surface area contributed by atoms with E-state index >= 15 is 0 Å². The number of fused-ring (bicyclic) bond motifs is 5. The van der Waals surface area contributed by atoms with Gasteiger partial charge in [0, 0.05) is 30.1 Å². The summed E-state index contributed by atoms with van der Waals surface area (Å²) in [6.07, 6.45) is -0.0433. The zero-order chi connectivity index (χ0) is 22.4. The maximum Gasteiger partial charge on any atom is 0.245 e. The zero-order valence-electron chi connectivity index (χ0n) is 18.6. The molecule has 1 fully saturated rings. The molecule has 1 N–H and O–H groups in total. The van der Waals surface area contributed by atoms with Crippen molar-refractivity contribution in [1.82, 2.24) is 14.8 Å². The summed E-state index contributed by atoms with van der Waals surface area (Å²) in [5.74, 6) is -0.628. The van der Waals surface area contributed by atoms with Crippen LogP contribution < -0.4 is 9.47 Å². The lowest BCUT2D eigenvalue weighted by Crippen LogP contribution is -2.62. The molecule has 1 saturated heterocycles. The number of rotatable bonds is 1. The van der Waals surface area contributed by atoms with Crippen LogP contribution in [0.1, 0.15) is 27.0 Å². The number of aromatic amines is 1. The summed E-state index contributed by atoms with van der Waals surface area (Å²) in [5.41, 5.74) is 2.85. The minimum Gasteiger partial charge on any atom is -0.454 e. The fourth-order valence-corrected chi connectivity index (χ4v) is 4.44. The van der Waals surface area contributed by atoms with Crippen molar-refractivity contribution in [2.24, 2.45) is 0 Å². The maximum atomic E-state index is 13.5. The molecule has 2 atom stereocenters. The lowest BCUT2D eigenvalue weighted by molar-refractivity contribution is -0.157. The molecule has 2 amide bonds. The predicted octanol–water partition coefficient (Wildman–Crippen LogP) is 2.21. The van der Waals surface area contributed by atoms with Crippen LogP contribution in [0.5, 0.6) is 11.5 Å². The predicted molar refractivity (Wildman–Crippen MR) is 105 cm³/mol. The van der Waals surface area contributed by atoms with Gasteiger partial charge in [-0.05, 0) is 29.3 Å². The molecule has 7 heteroatoms. The average Bonchev–Trinajstić information content (AvgIpc) is 3.39. The number of aromatic nitrogens is 1. The summed E-state index contributed by atoms with van der Waals surface area (Å²) in [4.78, 5) is 32.0. The number of H-pyrrole nitrogens is 1. The Kier molecular flexibility index (Phi) is 2.71. The topological polar surface area (TPSA) is 74.9 Å². The molecule has 0 spiro atoms. The Labute approximate surface area is 171 Å². The van der Waals surface area contributed by atoms with Crippen LogP contribution in [0, 0.1) is 0 Å². The number of nitrogens with one attached hydrogen (secondary N) is 1. The van der Waals surface area contributed by atoms with Crippen LogP contribution in [-0.4, -0.2) is 53.0 Å². The van der Waals surface area contributed by atoms with E-state index in [4.69, 9.17) is 12.2 Å². The minimum absolute atomic E-state index is 0.0433. The van der Waals surface area contributed by atoms with Gasteiger partial charge in [0.2, 0.25) is 18.6 Å². The smallest absolute Gasteiger partial charge is 0.245 e. The van der Waals surface area contributed by atoms with Gasteiger partial charge in [0.25, 0.3) is 0 Å². The number of likely N-dealkylation sites (N-methyl/N-ethyl adjacent to an activating group) is 1. The van der Waals surface area contributed by atoms with Gasteiger partial charge in [-0.3, -0.25) is 9.59 Å². The molecule has 3 aliphatic heterocycles. The summed E-state index contributed by atoms with van der Waals surface area (Å²) < 4.78 is 36.7. The monoisotopic (exact) mass is 392 g/mol. The van der Waals surface area contributed by atoms with Gasteiger partial charge in [-0.2, -0.15) is 0 Å². The van der Waals surface area contributed by atoms with E-state index in [1.165, 1.54) is 7.05 Å². The molecule has 0 bridgehead atoms. The van der Waals surface area contributed by atoms with Crippen molar-refractivity contribution in [3.63, 3.8) is 0 Å². The average molecular weight is 392 g/mol. The maximum absolute atomic E-state index is 13.5. The summed E-state index contributed by atoms with van der Waals surface area (Å²) >= 11 is 0. The van der Waals surface area contributed by atoms with E-state index in [0.29, 0.717) is 22.8 Å². The zero-order valence-corrected chi connectivity index (χ0v) is 15.6. The van der Waals surface area contributed by atoms with Crippen LogP contribution in [0.4, 0.5) is 0 Å². The number of nitrogens with zero attached hydrogens (tertiary/aromatic N) is 2. The summed E-state index contributed by atoms with van der Waals surface area (Å²) in [6.45, 7) is -2.49. The van der Waals surface area contributed by atoms with Gasteiger partial charge < -0.3 is 24.3 Å². The summed E-state index contributed by atoms with van der Waals surface area (Å²) in [7, 11) is 1.23. The molecule has 1 aromatic heterocycles. The van der Waals surface area contributed by atoms with Crippen molar-refractivity contribution in [2.75, 3.05) is 20.3 Å². The molecule has 4 heterocycles. The largest absolute Gasteiger partial charge is 0.454 e. The van der Waals surface area contributed by atoms with Crippen molar-refractivity contribution in [2.45, 2.75) is 18.5 Å². The van der Waals surface area contributed by atoms with Crippen molar-refractivity contribution in [3.05, 3.63) is 59.3 Å². The minimum atomic E-state index is -2.57. The first-order chi connectivity index (χ1) is 15.2. The Bertz CT molecular complexity index is 1320. The molecule has 3 aromatic rings. The lowest BCUT2D eigenvalue weighted by atomic mass is 9.86. The second-order valence-corrected chi connectivity index (χ2v) is 7.35. The number of amides is 2. The fraction of sp³-hybridized carbons (Fsp3) is 0.273. The molecule has 2 aromatic carbocycles. The number of hydrogen-bond donors (Lipinski definition) is 1. The molecule has 7 nitrogen and oxygen atoms in total. The van der Waals surface area contributed by atoms with Gasteiger partial charge >= 0.3 is 0 Å². The third kappa shape index (κ3) is 2.24. The van der Waals surface area contributed by atoms with Crippen molar-refractivity contribution in [1.29, 1.82) is 0 Å². The highest BCUT2D eigenvalue weighted by molar-refractivity contribution is 5.97. The van der Waals surface area contributed by atoms with Crippen LogP contribution in [0.25, 0.3) is 10.9 Å². The van der Waals surface area contributed by atoms with Crippen LogP contribution in [0.15, 0.2) is 42.5 Å². The van der Waals surface area contributed by atoms with Crippen molar-refractivity contribution >= 4 is 22.7 Å². The van der Waals surface area contributed by atoms with E-state index in [2.05, 4.69) is 4.98 Å². The van der Waals surface area contributed by atoms with Crippen molar-refractivity contribution < 1.29 is 23.2 Å². The first-order valence-corrected chi connectivity index (χ1v) is 9.34. The van der Waals surface area contributed by atoms with Gasteiger partial charge in [0.1, 0.15) is 6.02 Å². The normalized spacial score (nSPS) is 28.6. The van der Waals surface area contributed by atoms with Gasteiger partial charge in [0.05, 0.1) is 16.7 Å². The SMILES string of the molecule is [2H]C1([2H])C(=O)N2C(c3ccc4c(c3)OCO4)c3[nH]c4ccccc4c3C[C@]2([2H])C(=O)N1C. The van der Waals surface area contributed by atoms with Gasteiger partial charge in [0.15, 0.2) is 11.5 Å². The van der Waals surface area contributed by atoms with E-state index in [9.17, 15) is 11.0 Å². The molecule has 3 aliphatic rings. The Balaban J connectivity index is 1.65. The summed E-state index contributed by atoms with van der Waals surface area (Å²) in [5, 5.41) is 0.871. The highest BCUT2D eigenvalue weighted by Gasteiger charge is 2.47. The Morgan fingerprint density at radius 1 is 1.17 bits per heavy atom. The number of carbonyl (C=O) groups is 2. The third-order valence-electron chi connectivity index (χ3n) is 5.76. The molecular formula is C22H19N3O4. The van der Waals surface area contributed by atoms with E-state index in [0.717, 1.165) is 26.3 Å². The van der Waals surface area contributed by atoms with E-state index < -0.39 is 30.4 Å². The molecule has 0 saturated carbocycles. The van der Waals surface area contributed by atoms with E-state index in [-0.39, 0.29) is 13.2 Å². The Morgan fingerprint density at radius 3 is 2.90 bits per heavy atom. The Morgan fingerprint density at radius 2 is 2.00 bits per heavy atom. The number of piperazine rings is 1. The van der Waals surface area contributed by atoms with Crippen LogP contribution >= 0.6 is 0 Å². The van der Waals surface area contributed by atoms with Crippen molar-refractivity contribution in [3.8, 4) is 11.5 Å². The van der Waals surface area contributed by atoms with Crippen LogP contribution in [0.2, 0.25) is 0 Å². The number of benzene rings is 2. The fourth-order valence-electron chi connectivity index (χ4n) is 4.44. The highest BCUT2D eigenvalue weighted by atomic mass is 16.7. The molecule has 29 heavy (non-hydrogen) atoms. The number of ether oxygens (including phenoxy) is 2. The highest BCUT2D eigenvalue weighted by Crippen LogP contribution is 2.44. The number of carbonyl (C=O) groups excluding carboxylic acids is 2. The third-order valence-corrected chi connectivity index (χ3v) is 5.76. The van der Waals surface area contributed by atoms with Gasteiger partial charge in [-0.25, -0.2) is 0 Å². The van der Waals surface area contributed by atoms with Crippen LogP contribution in [-0.2, 0) is 16.0 Å². The quantitative estimate of drug-likeness (QED) is 0.689. The van der Waals surface area contributed by atoms with Crippen LogP contribution in [0.3, 0.4) is 0 Å². The lowest BCUT2D eigenvalue weighted by Gasteiger charge is -2.46. The van der Waals surface area contributed by atoms with Gasteiger partial charge in [-0.1, -0.05) is 24.3 Å². The number of hydrogen-bond acceptors (Lipinski definition) is 4. The molecule has 146 valence electrons. The first kappa shape index (κ1) is 13.7. The summed E-state index contributed by atoms with van der Waals surface area (Å²) in [6, 6.07) is 9.91. The molecule has 1 unspecified atom stereocenters. The molecule has 6 rings (SSSR count). The second kappa shape index (κ2) is 5.76. The Hall–Kier alpha value is -3.48. The second-order valence-electron chi connectivity index (χ2n) is 7.35. The molecule has 0 aliphatic carbocycles. The van der Waals surface area contributed by atoms with Gasteiger partial charge in [-0.15, -0.1) is 0 Å².